The highest BCUT2D eigenvalue weighted by Gasteiger charge is 2.18. The van der Waals surface area contributed by atoms with E-state index in [1.54, 1.807) is 24.4 Å². The van der Waals surface area contributed by atoms with E-state index in [2.05, 4.69) is 50.8 Å². The lowest BCUT2D eigenvalue weighted by molar-refractivity contribution is 0.102. The topological polar surface area (TPSA) is 96.7 Å². The molecule has 1 fully saturated rings. The number of carbonyl (C=O) groups is 1. The van der Waals surface area contributed by atoms with Crippen LogP contribution in [0.15, 0.2) is 112 Å². The maximum atomic E-state index is 12.6. The molecule has 224 valence electrons. The van der Waals surface area contributed by atoms with Gasteiger partial charge in [-0.3, -0.25) is 9.69 Å². The average molecular weight is 589 g/mol. The monoisotopic (exact) mass is 588 g/mol. The summed E-state index contributed by atoms with van der Waals surface area (Å²) in [6, 6.07) is 30.8. The molecule has 0 spiro atoms. The number of ether oxygens (including phenoxy) is 1. The molecule has 0 aliphatic carbocycles. The molecule has 0 bridgehead atoms. The van der Waals surface area contributed by atoms with Crippen molar-refractivity contribution in [2.45, 2.75) is 31.8 Å². The van der Waals surface area contributed by atoms with E-state index >= 15 is 0 Å². The van der Waals surface area contributed by atoms with Crippen molar-refractivity contribution >= 4 is 22.7 Å². The number of aromatic nitrogens is 1. The first kappa shape index (κ1) is 29.3. The number of rotatable bonds is 11. The van der Waals surface area contributed by atoms with Gasteiger partial charge in [0, 0.05) is 24.3 Å². The van der Waals surface area contributed by atoms with Gasteiger partial charge in [-0.2, -0.15) is 0 Å². The van der Waals surface area contributed by atoms with E-state index in [9.17, 15) is 9.59 Å². The molecule has 1 aliphatic rings. The second kappa shape index (κ2) is 14.1. The first-order valence-electron chi connectivity index (χ1n) is 15.1. The molecule has 1 saturated heterocycles. The first-order chi connectivity index (χ1) is 21.6. The van der Waals surface area contributed by atoms with Crippen LogP contribution >= 0.6 is 0 Å². The predicted octanol–water partition coefficient (Wildman–Crippen LogP) is 6.13. The Bertz CT molecular complexity index is 1750. The van der Waals surface area contributed by atoms with Crippen LogP contribution in [-0.4, -0.2) is 48.1 Å². The first-order valence-corrected chi connectivity index (χ1v) is 15.1. The zero-order valence-corrected chi connectivity index (χ0v) is 24.6. The van der Waals surface area contributed by atoms with Crippen LogP contribution in [-0.2, 0) is 6.54 Å². The number of nitrogens with zero attached hydrogens (tertiary/aromatic N) is 2. The lowest BCUT2D eigenvalue weighted by atomic mass is 10.0. The molecule has 0 unspecified atom stereocenters. The van der Waals surface area contributed by atoms with E-state index in [0.717, 1.165) is 62.0 Å². The Balaban J connectivity index is 1.01. The molecular weight excluding hydrogens is 552 g/mol. The van der Waals surface area contributed by atoms with Crippen LogP contribution in [0, 0.1) is 0 Å². The van der Waals surface area contributed by atoms with Gasteiger partial charge >= 0.3 is 5.63 Å². The molecular formula is C36H36N4O4. The third kappa shape index (κ3) is 7.58. The lowest BCUT2D eigenvalue weighted by Crippen LogP contribution is -2.42. The summed E-state index contributed by atoms with van der Waals surface area (Å²) in [7, 11) is 0. The van der Waals surface area contributed by atoms with Gasteiger partial charge < -0.3 is 19.8 Å². The molecule has 2 N–H and O–H groups in total. The molecule has 0 saturated carbocycles. The number of piperidine rings is 1. The number of benzene rings is 3. The maximum Gasteiger partial charge on any atom is 0.339 e. The summed E-state index contributed by atoms with van der Waals surface area (Å²) in [5.74, 6) is 0.713. The van der Waals surface area contributed by atoms with Crippen molar-refractivity contribution in [2.24, 2.45) is 0 Å². The number of pyridine rings is 1. The van der Waals surface area contributed by atoms with Gasteiger partial charge in [0.2, 0.25) is 0 Å². The molecule has 1 amide bonds. The smallest absolute Gasteiger partial charge is 0.339 e. The summed E-state index contributed by atoms with van der Waals surface area (Å²) in [6.07, 6.45) is 4.74. The van der Waals surface area contributed by atoms with Crippen LogP contribution in [0.2, 0.25) is 0 Å². The number of fused-ring (bicyclic) bond motifs is 1. The number of amides is 1. The van der Waals surface area contributed by atoms with Crippen LogP contribution in [0.5, 0.6) is 5.75 Å². The van der Waals surface area contributed by atoms with Crippen molar-refractivity contribution < 1.29 is 13.9 Å². The van der Waals surface area contributed by atoms with Gasteiger partial charge in [0.1, 0.15) is 17.2 Å². The average Bonchev–Trinajstić information content (AvgIpc) is 3.06. The number of anilines is 1. The van der Waals surface area contributed by atoms with Gasteiger partial charge in [-0.25, -0.2) is 9.78 Å². The minimum Gasteiger partial charge on any atom is -0.492 e. The zero-order valence-electron chi connectivity index (χ0n) is 24.6. The van der Waals surface area contributed by atoms with Crippen molar-refractivity contribution in [3.8, 4) is 16.9 Å². The Kier molecular flexibility index (Phi) is 9.40. The van der Waals surface area contributed by atoms with Crippen molar-refractivity contribution in [3.05, 3.63) is 125 Å². The Morgan fingerprint density at radius 3 is 2.45 bits per heavy atom. The molecule has 8 nitrogen and oxygen atoms in total. The Morgan fingerprint density at radius 1 is 0.909 bits per heavy atom. The molecule has 2 aromatic heterocycles. The minimum absolute atomic E-state index is 0.235. The molecule has 3 aromatic carbocycles. The van der Waals surface area contributed by atoms with Gasteiger partial charge in [-0.15, -0.1) is 0 Å². The van der Waals surface area contributed by atoms with E-state index in [4.69, 9.17) is 9.15 Å². The molecule has 0 atom stereocenters. The Hall–Kier alpha value is -4.79. The Morgan fingerprint density at radius 2 is 1.66 bits per heavy atom. The van der Waals surface area contributed by atoms with E-state index in [1.807, 2.05) is 42.5 Å². The van der Waals surface area contributed by atoms with E-state index < -0.39 is 5.63 Å². The quantitative estimate of drug-likeness (QED) is 0.142. The van der Waals surface area contributed by atoms with Crippen LogP contribution in [0.25, 0.3) is 22.1 Å². The van der Waals surface area contributed by atoms with Crippen LogP contribution in [0.3, 0.4) is 0 Å². The maximum absolute atomic E-state index is 12.6. The normalized spacial score (nSPS) is 14.0. The SMILES string of the molecule is O=C(Nc1cc(-c2ccc3c(OCCCNC4CCN(Cc5ccccc5)CC4)cc(=O)oc3c2)ccn1)c1ccccc1. The molecule has 0 radical (unpaired) electrons. The van der Waals surface area contributed by atoms with Gasteiger partial charge in [-0.1, -0.05) is 54.6 Å². The molecule has 1 aliphatic heterocycles. The molecule has 8 heteroatoms. The van der Waals surface area contributed by atoms with Crippen molar-refractivity contribution in [1.29, 1.82) is 0 Å². The summed E-state index contributed by atoms with van der Waals surface area (Å²) < 4.78 is 11.6. The fourth-order valence-electron chi connectivity index (χ4n) is 5.59. The number of nitrogens with one attached hydrogen (secondary N) is 2. The minimum atomic E-state index is -0.462. The van der Waals surface area contributed by atoms with Crippen molar-refractivity contribution in [2.75, 3.05) is 31.6 Å². The molecule has 6 rings (SSSR count). The summed E-state index contributed by atoms with van der Waals surface area (Å²) in [4.78, 5) is 31.8. The second-order valence-corrected chi connectivity index (χ2v) is 11.1. The highest BCUT2D eigenvalue weighted by atomic mass is 16.5. The van der Waals surface area contributed by atoms with Gasteiger partial charge in [0.25, 0.3) is 5.91 Å². The fraction of sp³-hybridized carbons (Fsp3) is 0.250. The zero-order chi connectivity index (χ0) is 30.1. The van der Waals surface area contributed by atoms with Crippen molar-refractivity contribution in [1.82, 2.24) is 15.2 Å². The van der Waals surface area contributed by atoms with Gasteiger partial charge in [-0.05, 0) is 92.0 Å². The summed E-state index contributed by atoms with van der Waals surface area (Å²) in [5.41, 5.74) is 3.56. The van der Waals surface area contributed by atoms with Crippen LogP contribution in [0.1, 0.15) is 35.2 Å². The summed E-state index contributed by atoms with van der Waals surface area (Å²) in [5, 5.41) is 7.25. The van der Waals surface area contributed by atoms with Crippen LogP contribution in [0.4, 0.5) is 5.82 Å². The molecule has 44 heavy (non-hydrogen) atoms. The highest BCUT2D eigenvalue weighted by Crippen LogP contribution is 2.30. The molecule has 3 heterocycles. The van der Waals surface area contributed by atoms with Crippen molar-refractivity contribution in [3.63, 3.8) is 0 Å². The van der Waals surface area contributed by atoms with E-state index in [-0.39, 0.29) is 5.91 Å². The predicted molar refractivity (Wildman–Crippen MR) is 173 cm³/mol. The van der Waals surface area contributed by atoms with E-state index in [1.165, 1.54) is 11.6 Å². The van der Waals surface area contributed by atoms with Crippen LogP contribution < -0.4 is 21.0 Å². The summed E-state index contributed by atoms with van der Waals surface area (Å²) >= 11 is 0. The Labute approximate surface area is 256 Å². The van der Waals surface area contributed by atoms with Gasteiger partial charge in [0.15, 0.2) is 0 Å². The third-order valence-electron chi connectivity index (χ3n) is 7.93. The third-order valence-corrected chi connectivity index (χ3v) is 7.93. The lowest BCUT2D eigenvalue weighted by Gasteiger charge is -2.32. The standard InChI is InChI=1S/C36H36N4O4/c41-35-24-32(43-21-7-17-37-30-15-19-40(20-16-30)25-26-8-3-1-4-9-26)31-13-12-28(22-33(31)44-35)29-14-18-38-34(23-29)39-36(42)27-10-5-2-6-11-27/h1-6,8-14,18,22-24,30,37H,7,15-17,19-21,25H2,(H,38,39,42). The van der Waals surface area contributed by atoms with Gasteiger partial charge in [0.05, 0.1) is 18.1 Å². The van der Waals surface area contributed by atoms with E-state index in [0.29, 0.717) is 35.4 Å². The second-order valence-electron chi connectivity index (χ2n) is 11.1. The number of hydrogen-bond acceptors (Lipinski definition) is 7. The number of hydrogen-bond donors (Lipinski definition) is 2. The largest absolute Gasteiger partial charge is 0.492 e. The fourth-order valence-corrected chi connectivity index (χ4v) is 5.59. The number of carbonyl (C=O) groups excluding carboxylic acids is 1. The highest BCUT2D eigenvalue weighted by molar-refractivity contribution is 6.04. The summed E-state index contributed by atoms with van der Waals surface area (Å²) in [6.45, 7) is 4.56. The molecule has 5 aromatic rings. The number of likely N-dealkylation sites (tertiary alicyclic amines) is 1.